The Hall–Kier alpha value is -3.33. The predicted molar refractivity (Wildman–Crippen MR) is 102 cm³/mol. The number of piperazine rings is 1. The van der Waals surface area contributed by atoms with Gasteiger partial charge in [-0.15, -0.1) is 0 Å². The van der Waals surface area contributed by atoms with Gasteiger partial charge in [-0.25, -0.2) is 4.79 Å². The van der Waals surface area contributed by atoms with Crippen molar-refractivity contribution in [3.05, 3.63) is 64.7 Å². The zero-order valence-electron chi connectivity index (χ0n) is 15.4. The van der Waals surface area contributed by atoms with Crippen molar-refractivity contribution in [2.24, 2.45) is 0 Å². The van der Waals surface area contributed by atoms with Crippen LogP contribution in [0.4, 0.5) is 5.69 Å². The van der Waals surface area contributed by atoms with Gasteiger partial charge in [0.05, 0.1) is 23.9 Å². The maximum absolute atomic E-state index is 12.8. The number of hydrogen-bond acceptors (Lipinski definition) is 5. The van der Waals surface area contributed by atoms with E-state index in [9.17, 15) is 14.9 Å². The normalized spacial score (nSPS) is 13.8. The number of carbonyl (C=O) groups is 2. The number of nitrogens with zero attached hydrogens (tertiary/aromatic N) is 3. The van der Waals surface area contributed by atoms with Crippen molar-refractivity contribution in [3.8, 4) is 6.07 Å². The standard InChI is InChI=1S/C21H21N3O3/c1-15-7-8-16(13-18(15)21(26)27-2)20(25)24-11-9-23(10-12-24)19-6-4-3-5-17(19)14-22/h3-8,13H,9-12H2,1-2H3. The van der Waals surface area contributed by atoms with Crippen LogP contribution in [0.25, 0.3) is 0 Å². The van der Waals surface area contributed by atoms with Crippen molar-refractivity contribution in [3.63, 3.8) is 0 Å². The predicted octanol–water partition coefficient (Wildman–Crippen LogP) is 2.62. The molecule has 1 fully saturated rings. The lowest BCUT2D eigenvalue weighted by Gasteiger charge is -2.36. The van der Waals surface area contributed by atoms with Gasteiger partial charge in [-0.05, 0) is 36.8 Å². The molecule has 2 aromatic carbocycles. The number of methoxy groups -OCH3 is 1. The number of rotatable bonds is 3. The number of anilines is 1. The van der Waals surface area contributed by atoms with Crippen LogP contribution >= 0.6 is 0 Å². The number of esters is 1. The highest BCUT2D eigenvalue weighted by molar-refractivity contribution is 5.98. The van der Waals surface area contributed by atoms with Gasteiger partial charge in [0.1, 0.15) is 6.07 Å². The summed E-state index contributed by atoms with van der Waals surface area (Å²) in [6.45, 7) is 4.23. The summed E-state index contributed by atoms with van der Waals surface area (Å²) in [5, 5.41) is 9.27. The zero-order chi connectivity index (χ0) is 19.4. The summed E-state index contributed by atoms with van der Waals surface area (Å²) in [5.74, 6) is -0.548. The van der Waals surface area contributed by atoms with Crippen LogP contribution in [-0.2, 0) is 4.74 Å². The number of aryl methyl sites for hydroxylation is 1. The molecular weight excluding hydrogens is 342 g/mol. The molecule has 0 aliphatic carbocycles. The van der Waals surface area contributed by atoms with Crippen LogP contribution < -0.4 is 4.90 Å². The summed E-state index contributed by atoms with van der Waals surface area (Å²) in [6, 6.07) is 14.8. The molecule has 1 aliphatic rings. The molecule has 1 heterocycles. The molecular formula is C21H21N3O3. The number of carbonyl (C=O) groups excluding carboxylic acids is 2. The Kier molecular flexibility index (Phi) is 5.41. The molecule has 0 radical (unpaired) electrons. The average Bonchev–Trinajstić information content (AvgIpc) is 2.73. The van der Waals surface area contributed by atoms with Crippen molar-refractivity contribution >= 4 is 17.6 Å². The van der Waals surface area contributed by atoms with E-state index in [-0.39, 0.29) is 5.91 Å². The SMILES string of the molecule is COC(=O)c1cc(C(=O)N2CCN(c3ccccc3C#N)CC2)ccc1C. The summed E-state index contributed by atoms with van der Waals surface area (Å²) in [5.41, 5.74) is 3.20. The van der Waals surface area contributed by atoms with Gasteiger partial charge in [-0.3, -0.25) is 4.79 Å². The second-order valence-electron chi connectivity index (χ2n) is 6.43. The molecule has 6 nitrogen and oxygen atoms in total. The summed E-state index contributed by atoms with van der Waals surface area (Å²) in [4.78, 5) is 28.6. The maximum Gasteiger partial charge on any atom is 0.338 e. The topological polar surface area (TPSA) is 73.6 Å². The molecule has 2 aromatic rings. The van der Waals surface area contributed by atoms with Gasteiger partial charge < -0.3 is 14.5 Å². The summed E-state index contributed by atoms with van der Waals surface area (Å²) in [6.07, 6.45) is 0. The van der Waals surface area contributed by atoms with Crippen LogP contribution in [0.1, 0.15) is 31.8 Å². The molecule has 1 saturated heterocycles. The summed E-state index contributed by atoms with van der Waals surface area (Å²) in [7, 11) is 1.33. The quantitative estimate of drug-likeness (QED) is 0.784. The van der Waals surface area contributed by atoms with Crippen molar-refractivity contribution < 1.29 is 14.3 Å². The van der Waals surface area contributed by atoms with Crippen LogP contribution in [0.5, 0.6) is 0 Å². The highest BCUT2D eigenvalue weighted by atomic mass is 16.5. The molecule has 3 rings (SSSR count). The molecule has 1 aliphatic heterocycles. The molecule has 0 unspecified atom stereocenters. The van der Waals surface area contributed by atoms with Crippen molar-refractivity contribution in [2.75, 3.05) is 38.2 Å². The number of para-hydroxylation sites is 1. The minimum Gasteiger partial charge on any atom is -0.465 e. The Bertz CT molecular complexity index is 909. The summed E-state index contributed by atoms with van der Waals surface area (Å²) >= 11 is 0. The van der Waals surface area contributed by atoms with Gasteiger partial charge in [0, 0.05) is 31.7 Å². The molecule has 6 heteroatoms. The largest absolute Gasteiger partial charge is 0.465 e. The van der Waals surface area contributed by atoms with Crippen LogP contribution in [-0.4, -0.2) is 50.1 Å². The Labute approximate surface area is 158 Å². The van der Waals surface area contributed by atoms with E-state index in [1.807, 2.05) is 25.1 Å². The number of benzene rings is 2. The Morgan fingerprint density at radius 2 is 1.78 bits per heavy atom. The molecule has 27 heavy (non-hydrogen) atoms. The van der Waals surface area contributed by atoms with E-state index in [1.54, 1.807) is 29.2 Å². The van der Waals surface area contributed by atoms with Gasteiger partial charge in [-0.2, -0.15) is 5.26 Å². The van der Waals surface area contributed by atoms with Gasteiger partial charge in [0.25, 0.3) is 5.91 Å². The average molecular weight is 363 g/mol. The Morgan fingerprint density at radius 1 is 1.07 bits per heavy atom. The van der Waals surface area contributed by atoms with E-state index in [2.05, 4.69) is 11.0 Å². The molecule has 0 N–H and O–H groups in total. The number of nitriles is 1. The lowest BCUT2D eigenvalue weighted by Crippen LogP contribution is -2.49. The minimum atomic E-state index is -0.444. The van der Waals surface area contributed by atoms with Gasteiger partial charge in [0.2, 0.25) is 0 Å². The van der Waals surface area contributed by atoms with Crippen LogP contribution in [0.15, 0.2) is 42.5 Å². The van der Waals surface area contributed by atoms with E-state index in [4.69, 9.17) is 4.74 Å². The first-order valence-electron chi connectivity index (χ1n) is 8.77. The fourth-order valence-corrected chi connectivity index (χ4v) is 3.26. The third-order valence-electron chi connectivity index (χ3n) is 4.82. The Morgan fingerprint density at radius 3 is 2.44 bits per heavy atom. The van der Waals surface area contributed by atoms with Gasteiger partial charge in [0.15, 0.2) is 0 Å². The maximum atomic E-state index is 12.8. The van der Waals surface area contributed by atoms with Crippen molar-refractivity contribution in [1.29, 1.82) is 5.26 Å². The van der Waals surface area contributed by atoms with E-state index in [0.29, 0.717) is 42.9 Å². The van der Waals surface area contributed by atoms with Crippen molar-refractivity contribution in [1.82, 2.24) is 4.90 Å². The molecule has 0 saturated carbocycles. The molecule has 0 aromatic heterocycles. The molecule has 0 bridgehead atoms. The highest BCUT2D eigenvalue weighted by Gasteiger charge is 2.24. The fraction of sp³-hybridized carbons (Fsp3) is 0.286. The number of hydrogen-bond donors (Lipinski definition) is 0. The van der Waals surface area contributed by atoms with Crippen LogP contribution in [0, 0.1) is 18.3 Å². The monoisotopic (exact) mass is 363 g/mol. The Balaban J connectivity index is 1.72. The minimum absolute atomic E-state index is 0.103. The number of ether oxygens (including phenoxy) is 1. The van der Waals surface area contributed by atoms with E-state index < -0.39 is 5.97 Å². The first-order valence-corrected chi connectivity index (χ1v) is 8.77. The van der Waals surface area contributed by atoms with Crippen LogP contribution in [0.3, 0.4) is 0 Å². The van der Waals surface area contributed by atoms with E-state index >= 15 is 0 Å². The first-order chi connectivity index (χ1) is 13.0. The first kappa shape index (κ1) is 18.5. The molecule has 1 amide bonds. The lowest BCUT2D eigenvalue weighted by atomic mass is 10.0. The zero-order valence-corrected chi connectivity index (χ0v) is 15.4. The lowest BCUT2D eigenvalue weighted by molar-refractivity contribution is 0.0600. The molecule has 138 valence electrons. The second kappa shape index (κ2) is 7.92. The second-order valence-corrected chi connectivity index (χ2v) is 6.43. The summed E-state index contributed by atoms with van der Waals surface area (Å²) < 4.78 is 4.79. The smallest absolute Gasteiger partial charge is 0.338 e. The van der Waals surface area contributed by atoms with E-state index in [1.165, 1.54) is 7.11 Å². The van der Waals surface area contributed by atoms with E-state index in [0.717, 1.165) is 11.3 Å². The van der Waals surface area contributed by atoms with Gasteiger partial charge >= 0.3 is 5.97 Å². The number of amides is 1. The molecule has 0 spiro atoms. The van der Waals surface area contributed by atoms with Crippen LogP contribution in [0.2, 0.25) is 0 Å². The molecule has 0 atom stereocenters. The highest BCUT2D eigenvalue weighted by Crippen LogP contribution is 2.22. The third kappa shape index (κ3) is 3.77. The third-order valence-corrected chi connectivity index (χ3v) is 4.82. The van der Waals surface area contributed by atoms with Gasteiger partial charge in [-0.1, -0.05) is 18.2 Å². The van der Waals surface area contributed by atoms with Crippen molar-refractivity contribution in [2.45, 2.75) is 6.92 Å². The fourth-order valence-electron chi connectivity index (χ4n) is 3.26.